The van der Waals surface area contributed by atoms with Crippen molar-refractivity contribution in [1.82, 2.24) is 9.55 Å². The largest absolute Gasteiger partial charge is 0.494 e. The number of aldehydes is 1. The van der Waals surface area contributed by atoms with E-state index in [1.807, 2.05) is 17.6 Å². The van der Waals surface area contributed by atoms with Crippen molar-refractivity contribution < 1.29 is 13.9 Å². The number of hydrogen-bond donors (Lipinski definition) is 0. The molecule has 4 nitrogen and oxygen atoms in total. The monoisotopic (exact) mass is 298 g/mol. The molecule has 5 heteroatoms. The van der Waals surface area contributed by atoms with E-state index in [4.69, 9.17) is 4.74 Å². The lowest BCUT2D eigenvalue weighted by Crippen LogP contribution is -2.00. The van der Waals surface area contributed by atoms with Gasteiger partial charge in [0.2, 0.25) is 0 Å². The molecule has 0 fully saturated rings. The number of carbonyl (C=O) groups excluding carboxylic acids is 1. The van der Waals surface area contributed by atoms with E-state index in [9.17, 15) is 9.18 Å². The molecule has 0 N–H and O–H groups in total. The van der Waals surface area contributed by atoms with E-state index in [0.29, 0.717) is 17.6 Å². The minimum atomic E-state index is -0.401. The van der Waals surface area contributed by atoms with E-state index < -0.39 is 5.82 Å². The van der Waals surface area contributed by atoms with Crippen LogP contribution in [0.1, 0.15) is 21.5 Å². The molecule has 0 amide bonds. The molecule has 2 aromatic heterocycles. The summed E-state index contributed by atoms with van der Waals surface area (Å²) in [4.78, 5) is 15.5. The van der Waals surface area contributed by atoms with Gasteiger partial charge in [0.25, 0.3) is 0 Å². The Hall–Kier alpha value is -2.69. The first-order valence-electron chi connectivity index (χ1n) is 6.86. The predicted molar refractivity (Wildman–Crippen MR) is 81.9 cm³/mol. The number of aryl methyl sites for hydroxylation is 1. The standard InChI is InChI=1S/C17H15FN2O2/c1-11-5-6-19-16-13(10-21)9-20(17(11)16)8-12-3-4-15(22-2)14(18)7-12/h3-7,9-10H,8H2,1-2H3. The lowest BCUT2D eigenvalue weighted by atomic mass is 10.2. The summed E-state index contributed by atoms with van der Waals surface area (Å²) >= 11 is 0. The van der Waals surface area contributed by atoms with Crippen molar-refractivity contribution in [3.63, 3.8) is 0 Å². The molecule has 3 rings (SSSR count). The highest BCUT2D eigenvalue weighted by Crippen LogP contribution is 2.24. The summed E-state index contributed by atoms with van der Waals surface area (Å²) in [7, 11) is 1.43. The fourth-order valence-electron chi connectivity index (χ4n) is 2.63. The minimum Gasteiger partial charge on any atom is -0.494 e. The van der Waals surface area contributed by atoms with Gasteiger partial charge >= 0.3 is 0 Å². The molecular formula is C17H15FN2O2. The average molecular weight is 298 g/mol. The molecule has 0 saturated heterocycles. The molecule has 0 aliphatic heterocycles. The maximum Gasteiger partial charge on any atom is 0.165 e. The van der Waals surface area contributed by atoms with Gasteiger partial charge in [-0.25, -0.2) is 4.39 Å². The van der Waals surface area contributed by atoms with Crippen LogP contribution in [-0.4, -0.2) is 22.9 Å². The molecule has 2 heterocycles. The summed E-state index contributed by atoms with van der Waals surface area (Å²) < 4.78 is 20.7. The number of benzene rings is 1. The van der Waals surface area contributed by atoms with E-state index in [2.05, 4.69) is 4.98 Å². The van der Waals surface area contributed by atoms with Gasteiger partial charge < -0.3 is 9.30 Å². The predicted octanol–water partition coefficient (Wildman–Crippen LogP) is 3.35. The highest BCUT2D eigenvalue weighted by molar-refractivity contribution is 5.96. The topological polar surface area (TPSA) is 44.1 Å². The first-order chi connectivity index (χ1) is 10.6. The van der Waals surface area contributed by atoms with E-state index in [1.54, 1.807) is 24.5 Å². The molecule has 0 unspecified atom stereocenters. The fourth-order valence-corrected chi connectivity index (χ4v) is 2.63. The average Bonchev–Trinajstić information content (AvgIpc) is 2.87. The fraction of sp³-hybridized carbons (Fsp3) is 0.176. The lowest BCUT2D eigenvalue weighted by molar-refractivity contribution is 0.112. The maximum absolute atomic E-state index is 13.8. The molecular weight excluding hydrogens is 283 g/mol. The van der Waals surface area contributed by atoms with Crippen molar-refractivity contribution in [2.45, 2.75) is 13.5 Å². The van der Waals surface area contributed by atoms with Crippen LogP contribution in [0.4, 0.5) is 4.39 Å². The summed E-state index contributed by atoms with van der Waals surface area (Å²) in [5.74, 6) is -0.186. The number of pyridine rings is 1. The molecule has 0 atom stereocenters. The molecule has 112 valence electrons. The highest BCUT2D eigenvalue weighted by Gasteiger charge is 2.12. The van der Waals surface area contributed by atoms with E-state index in [1.165, 1.54) is 13.2 Å². The minimum absolute atomic E-state index is 0.215. The Morgan fingerprint density at radius 2 is 2.18 bits per heavy atom. The third-order valence-electron chi connectivity index (χ3n) is 3.68. The number of fused-ring (bicyclic) bond motifs is 1. The number of halogens is 1. The highest BCUT2D eigenvalue weighted by atomic mass is 19.1. The smallest absolute Gasteiger partial charge is 0.165 e. The van der Waals surface area contributed by atoms with Crippen molar-refractivity contribution in [1.29, 1.82) is 0 Å². The molecule has 0 saturated carbocycles. The number of methoxy groups -OCH3 is 1. The van der Waals surface area contributed by atoms with Crippen molar-refractivity contribution in [2.24, 2.45) is 0 Å². The molecule has 0 aliphatic rings. The van der Waals surface area contributed by atoms with E-state index in [-0.39, 0.29) is 5.75 Å². The van der Waals surface area contributed by atoms with Crippen LogP contribution in [0.2, 0.25) is 0 Å². The van der Waals surface area contributed by atoms with Crippen LogP contribution in [0.3, 0.4) is 0 Å². The summed E-state index contributed by atoms with van der Waals surface area (Å²) in [6.07, 6.45) is 4.22. The lowest BCUT2D eigenvalue weighted by Gasteiger charge is -2.09. The Bertz CT molecular complexity index is 855. The van der Waals surface area contributed by atoms with Gasteiger partial charge in [-0.05, 0) is 36.2 Å². The Morgan fingerprint density at radius 1 is 1.36 bits per heavy atom. The molecule has 22 heavy (non-hydrogen) atoms. The Balaban J connectivity index is 2.07. The van der Waals surface area contributed by atoms with Gasteiger partial charge in [-0.15, -0.1) is 0 Å². The van der Waals surface area contributed by atoms with E-state index >= 15 is 0 Å². The number of nitrogens with zero attached hydrogens (tertiary/aromatic N) is 2. The second kappa shape index (κ2) is 5.60. The Kier molecular flexibility index (Phi) is 3.63. The molecule has 0 spiro atoms. The third-order valence-corrected chi connectivity index (χ3v) is 3.68. The number of hydrogen-bond acceptors (Lipinski definition) is 3. The second-order valence-corrected chi connectivity index (χ2v) is 5.12. The molecule has 1 aromatic carbocycles. The number of aromatic nitrogens is 2. The van der Waals surface area contributed by atoms with Gasteiger partial charge in [0.05, 0.1) is 23.7 Å². The normalized spacial score (nSPS) is 10.9. The van der Waals surface area contributed by atoms with Gasteiger partial charge in [0.15, 0.2) is 17.9 Å². The van der Waals surface area contributed by atoms with Gasteiger partial charge in [0, 0.05) is 18.9 Å². The zero-order valence-electron chi connectivity index (χ0n) is 12.3. The van der Waals surface area contributed by atoms with Crippen LogP contribution < -0.4 is 4.74 Å². The van der Waals surface area contributed by atoms with Gasteiger partial charge in [0.1, 0.15) is 0 Å². The van der Waals surface area contributed by atoms with Crippen molar-refractivity contribution >= 4 is 17.3 Å². The molecule has 0 radical (unpaired) electrons. The summed E-state index contributed by atoms with van der Waals surface area (Å²) in [5.41, 5.74) is 3.90. The Morgan fingerprint density at radius 3 is 2.86 bits per heavy atom. The first kappa shape index (κ1) is 14.3. The van der Waals surface area contributed by atoms with Crippen LogP contribution in [-0.2, 0) is 6.54 Å². The van der Waals surface area contributed by atoms with Gasteiger partial charge in [-0.1, -0.05) is 6.07 Å². The van der Waals surface area contributed by atoms with Crippen molar-refractivity contribution in [3.05, 3.63) is 59.2 Å². The number of ether oxygens (including phenoxy) is 1. The first-order valence-corrected chi connectivity index (χ1v) is 6.86. The zero-order chi connectivity index (χ0) is 15.7. The van der Waals surface area contributed by atoms with Crippen molar-refractivity contribution in [2.75, 3.05) is 7.11 Å². The van der Waals surface area contributed by atoms with Crippen molar-refractivity contribution in [3.8, 4) is 5.75 Å². The van der Waals surface area contributed by atoms with Crippen LogP contribution in [0.5, 0.6) is 5.75 Å². The molecule has 0 bridgehead atoms. The summed E-state index contributed by atoms with van der Waals surface area (Å²) in [6, 6.07) is 6.74. The number of rotatable bonds is 4. The van der Waals surface area contributed by atoms with Crippen LogP contribution >= 0.6 is 0 Å². The molecule has 0 aliphatic carbocycles. The zero-order valence-corrected chi connectivity index (χ0v) is 12.3. The van der Waals surface area contributed by atoms with Crippen LogP contribution in [0, 0.1) is 12.7 Å². The summed E-state index contributed by atoms with van der Waals surface area (Å²) in [6.45, 7) is 2.42. The van der Waals surface area contributed by atoms with Crippen LogP contribution in [0.25, 0.3) is 11.0 Å². The maximum atomic E-state index is 13.8. The SMILES string of the molecule is COc1ccc(Cn2cc(C=O)c3nccc(C)c32)cc1F. The second-order valence-electron chi connectivity index (χ2n) is 5.12. The third kappa shape index (κ3) is 2.35. The van der Waals surface area contributed by atoms with Crippen LogP contribution in [0.15, 0.2) is 36.7 Å². The van der Waals surface area contributed by atoms with E-state index in [0.717, 1.165) is 22.9 Å². The number of carbonyl (C=O) groups is 1. The summed E-state index contributed by atoms with van der Waals surface area (Å²) in [5, 5.41) is 0. The van der Waals surface area contributed by atoms with Gasteiger partial charge in [-0.2, -0.15) is 0 Å². The molecule has 3 aromatic rings. The quantitative estimate of drug-likeness (QED) is 0.694. The van der Waals surface area contributed by atoms with Gasteiger partial charge in [-0.3, -0.25) is 9.78 Å². The Labute approximate surface area is 127 Å².